The van der Waals surface area contributed by atoms with Gasteiger partial charge in [0.15, 0.2) is 0 Å². The number of methoxy groups -OCH3 is 1. The second-order valence-corrected chi connectivity index (χ2v) is 6.90. The summed E-state index contributed by atoms with van der Waals surface area (Å²) >= 11 is 7.46. The lowest BCUT2D eigenvalue weighted by Gasteiger charge is -2.21. The summed E-state index contributed by atoms with van der Waals surface area (Å²) in [7, 11) is 1.63. The molecule has 1 heterocycles. The van der Waals surface area contributed by atoms with Crippen molar-refractivity contribution in [2.45, 2.75) is 23.7 Å². The number of rotatable bonds is 3. The molecule has 1 saturated carbocycles. The van der Waals surface area contributed by atoms with Gasteiger partial charge in [0, 0.05) is 28.7 Å². The smallest absolute Gasteiger partial charge is 0.212 e. The zero-order valence-corrected chi connectivity index (χ0v) is 14.2. The van der Waals surface area contributed by atoms with Crippen molar-refractivity contribution in [2.75, 3.05) is 17.7 Å². The fourth-order valence-electron chi connectivity index (χ4n) is 2.60. The van der Waals surface area contributed by atoms with Crippen LogP contribution in [-0.2, 0) is 0 Å². The van der Waals surface area contributed by atoms with E-state index >= 15 is 0 Å². The third-order valence-corrected chi connectivity index (χ3v) is 4.96. The van der Waals surface area contributed by atoms with Crippen LogP contribution in [0.25, 0.3) is 0 Å². The fourth-order valence-corrected chi connectivity index (χ4v) is 3.57. The maximum Gasteiger partial charge on any atom is 0.212 e. The maximum atomic E-state index is 6.09. The van der Waals surface area contributed by atoms with Crippen LogP contribution in [0.3, 0.4) is 0 Å². The number of fused-ring (bicyclic) bond motifs is 1. The minimum absolute atomic E-state index is 0.636. The van der Waals surface area contributed by atoms with Gasteiger partial charge in [0.2, 0.25) is 5.96 Å². The van der Waals surface area contributed by atoms with Crippen LogP contribution in [0.5, 0.6) is 5.75 Å². The first-order valence-corrected chi connectivity index (χ1v) is 8.64. The average Bonchev–Trinajstić information content (AvgIpc) is 3.40. The molecule has 2 aromatic carbocycles. The van der Waals surface area contributed by atoms with Crippen molar-refractivity contribution in [1.29, 1.82) is 0 Å². The van der Waals surface area contributed by atoms with E-state index in [9.17, 15) is 0 Å². The Labute approximate surface area is 144 Å². The molecule has 23 heavy (non-hydrogen) atoms. The van der Waals surface area contributed by atoms with Gasteiger partial charge in [-0.15, -0.1) is 0 Å². The van der Waals surface area contributed by atoms with Crippen molar-refractivity contribution >= 4 is 40.9 Å². The first-order chi connectivity index (χ1) is 11.2. The first-order valence-electron chi connectivity index (χ1n) is 7.49. The van der Waals surface area contributed by atoms with Crippen LogP contribution in [0.2, 0.25) is 5.02 Å². The zero-order chi connectivity index (χ0) is 15.8. The molecule has 0 amide bonds. The number of hydrogen-bond donors (Lipinski definition) is 2. The van der Waals surface area contributed by atoms with Crippen LogP contribution < -0.4 is 15.4 Å². The molecule has 0 aromatic heterocycles. The molecule has 1 aliphatic carbocycles. The Morgan fingerprint density at radius 1 is 1.26 bits per heavy atom. The van der Waals surface area contributed by atoms with Crippen LogP contribution in [0.4, 0.5) is 11.4 Å². The standard InChI is InChI=1S/C17H16ClN3OS/c1-22-14-8-12(18)9-15-16(14)20-17(21-23-15)19-13-6-4-11(5-7-13)10-2-3-10/h4-10H,2-3H2,1H3,(H2,19,20,21). The van der Waals surface area contributed by atoms with Gasteiger partial charge in [0.25, 0.3) is 0 Å². The zero-order valence-electron chi connectivity index (χ0n) is 12.6. The molecule has 6 heteroatoms. The number of ether oxygens (including phenoxy) is 1. The predicted molar refractivity (Wildman–Crippen MR) is 97.0 cm³/mol. The molecule has 2 aliphatic rings. The van der Waals surface area contributed by atoms with Gasteiger partial charge in [-0.25, -0.2) is 0 Å². The summed E-state index contributed by atoms with van der Waals surface area (Å²) in [6.07, 6.45) is 2.63. The summed E-state index contributed by atoms with van der Waals surface area (Å²) in [4.78, 5) is 0.948. The molecule has 118 valence electrons. The average molecular weight is 346 g/mol. The number of hydrogen-bond acceptors (Lipinski definition) is 5. The van der Waals surface area contributed by atoms with Gasteiger partial charge in [0.1, 0.15) is 5.75 Å². The minimum atomic E-state index is 0.636. The van der Waals surface area contributed by atoms with E-state index in [4.69, 9.17) is 16.3 Å². The van der Waals surface area contributed by atoms with E-state index in [-0.39, 0.29) is 0 Å². The van der Waals surface area contributed by atoms with Gasteiger partial charge in [-0.3, -0.25) is 0 Å². The molecule has 0 radical (unpaired) electrons. The highest BCUT2D eigenvalue weighted by Gasteiger charge is 2.23. The molecule has 0 saturated heterocycles. The monoisotopic (exact) mass is 345 g/mol. The molecule has 0 bridgehead atoms. The highest BCUT2D eigenvalue weighted by molar-refractivity contribution is 7.98. The van der Waals surface area contributed by atoms with E-state index in [1.54, 1.807) is 13.2 Å². The molecule has 0 spiro atoms. The number of guanidine groups is 1. The van der Waals surface area contributed by atoms with Crippen LogP contribution >= 0.6 is 23.5 Å². The fraction of sp³-hybridized carbons (Fsp3) is 0.235. The summed E-state index contributed by atoms with van der Waals surface area (Å²) in [5.41, 5.74) is 3.32. The second kappa shape index (κ2) is 5.98. The second-order valence-electron chi connectivity index (χ2n) is 5.66. The summed E-state index contributed by atoms with van der Waals surface area (Å²) in [6.45, 7) is 0. The van der Waals surface area contributed by atoms with Crippen LogP contribution in [-0.4, -0.2) is 13.1 Å². The third-order valence-electron chi connectivity index (χ3n) is 3.95. The summed E-state index contributed by atoms with van der Waals surface area (Å²) in [5, 5.41) is 7.22. The molecule has 0 unspecified atom stereocenters. The van der Waals surface area contributed by atoms with E-state index in [1.165, 1.54) is 30.4 Å². The molecule has 1 fully saturated rings. The van der Waals surface area contributed by atoms with Crippen molar-refractivity contribution in [2.24, 2.45) is 4.40 Å². The number of nitrogens with one attached hydrogen (secondary N) is 2. The van der Waals surface area contributed by atoms with Gasteiger partial charge in [-0.2, -0.15) is 4.40 Å². The van der Waals surface area contributed by atoms with Crippen LogP contribution in [0, 0.1) is 0 Å². The summed E-state index contributed by atoms with van der Waals surface area (Å²) < 4.78 is 9.85. The van der Waals surface area contributed by atoms with Crippen molar-refractivity contribution in [3.8, 4) is 5.75 Å². The Kier molecular flexibility index (Phi) is 3.83. The molecule has 1 aliphatic heterocycles. The van der Waals surface area contributed by atoms with Gasteiger partial charge in [-0.1, -0.05) is 23.7 Å². The number of nitrogens with zero attached hydrogens (tertiary/aromatic N) is 1. The van der Waals surface area contributed by atoms with Crippen molar-refractivity contribution in [3.05, 3.63) is 47.0 Å². The van der Waals surface area contributed by atoms with Gasteiger partial charge < -0.3 is 15.4 Å². The minimum Gasteiger partial charge on any atom is -0.494 e. The molecular formula is C17H16ClN3OS. The van der Waals surface area contributed by atoms with Crippen molar-refractivity contribution < 1.29 is 4.74 Å². The van der Waals surface area contributed by atoms with Gasteiger partial charge >= 0.3 is 0 Å². The quantitative estimate of drug-likeness (QED) is 0.757. The Hall–Kier alpha value is -1.85. The predicted octanol–water partition coefficient (Wildman–Crippen LogP) is 5.13. The van der Waals surface area contributed by atoms with Crippen molar-refractivity contribution in [3.63, 3.8) is 0 Å². The largest absolute Gasteiger partial charge is 0.494 e. The molecule has 2 aromatic rings. The van der Waals surface area contributed by atoms with E-state index < -0.39 is 0 Å². The highest BCUT2D eigenvalue weighted by atomic mass is 35.5. The lowest BCUT2D eigenvalue weighted by atomic mass is 10.1. The van der Waals surface area contributed by atoms with Gasteiger partial charge in [0.05, 0.1) is 17.7 Å². The first kappa shape index (κ1) is 14.7. The Morgan fingerprint density at radius 2 is 2.04 bits per heavy atom. The molecular weight excluding hydrogens is 330 g/mol. The van der Waals surface area contributed by atoms with Gasteiger partial charge in [-0.05, 0) is 42.5 Å². The topological polar surface area (TPSA) is 45.6 Å². The lowest BCUT2D eigenvalue weighted by molar-refractivity contribution is 0.416. The Balaban J connectivity index is 1.52. The van der Waals surface area contributed by atoms with Crippen LogP contribution in [0.1, 0.15) is 24.3 Å². The highest BCUT2D eigenvalue weighted by Crippen LogP contribution is 2.42. The third kappa shape index (κ3) is 3.12. The SMILES string of the molecule is COc1cc(Cl)cc2c1NC(Nc1ccc(C3CC3)cc1)=NS2. The summed E-state index contributed by atoms with van der Waals surface area (Å²) in [5.74, 6) is 2.16. The normalized spacial score (nSPS) is 16.2. The Morgan fingerprint density at radius 3 is 2.74 bits per heavy atom. The van der Waals surface area contributed by atoms with E-state index in [0.717, 1.165) is 22.2 Å². The van der Waals surface area contributed by atoms with E-state index in [1.807, 2.05) is 6.07 Å². The van der Waals surface area contributed by atoms with E-state index in [2.05, 4.69) is 39.3 Å². The molecule has 4 nitrogen and oxygen atoms in total. The number of halogens is 1. The number of benzene rings is 2. The molecule has 2 N–H and O–H groups in total. The molecule has 0 atom stereocenters. The lowest BCUT2D eigenvalue weighted by Crippen LogP contribution is -2.24. The number of anilines is 2. The molecule has 4 rings (SSSR count). The summed E-state index contributed by atoms with van der Waals surface area (Å²) in [6, 6.07) is 12.2. The Bertz CT molecular complexity index is 772. The van der Waals surface area contributed by atoms with E-state index in [0.29, 0.717) is 16.7 Å². The van der Waals surface area contributed by atoms with Crippen LogP contribution in [0.15, 0.2) is 45.7 Å². The maximum absolute atomic E-state index is 6.09. The van der Waals surface area contributed by atoms with Crippen molar-refractivity contribution in [1.82, 2.24) is 0 Å².